The molecule has 0 radical (unpaired) electrons. The average Bonchev–Trinajstić information content (AvgIpc) is 3.17. The Morgan fingerprint density at radius 2 is 1.81 bits per heavy atom. The van der Waals surface area contributed by atoms with Crippen molar-refractivity contribution in [3.63, 3.8) is 0 Å². The highest BCUT2D eigenvalue weighted by atomic mass is 79.9. The lowest BCUT2D eigenvalue weighted by molar-refractivity contribution is -0.113. The summed E-state index contributed by atoms with van der Waals surface area (Å²) in [6, 6.07) is 24.2. The standard InChI is InChI=1S/C25H23BrN4OS/c1-17-7-6-10-21(13-17)30-23(15-19-8-4-3-5-9-19)28-29-25(30)32-16-24(31)27-22-12-11-20(26)14-18(22)2/h3-14H,15-16H2,1-2H3,(H,27,31). The molecule has 0 saturated carbocycles. The zero-order valence-corrected chi connectivity index (χ0v) is 20.3. The predicted octanol–water partition coefficient (Wildman–Crippen LogP) is 5.97. The molecule has 1 N–H and O–H groups in total. The number of nitrogens with zero attached hydrogens (tertiary/aromatic N) is 3. The smallest absolute Gasteiger partial charge is 0.234 e. The van der Waals surface area contributed by atoms with E-state index in [1.165, 1.54) is 11.8 Å². The van der Waals surface area contributed by atoms with E-state index in [1.54, 1.807) is 0 Å². The van der Waals surface area contributed by atoms with Crippen molar-refractivity contribution in [3.05, 3.63) is 99.8 Å². The Balaban J connectivity index is 1.55. The van der Waals surface area contributed by atoms with Crippen LogP contribution in [0, 0.1) is 13.8 Å². The highest BCUT2D eigenvalue weighted by Gasteiger charge is 2.17. The van der Waals surface area contributed by atoms with Gasteiger partial charge in [-0.2, -0.15) is 0 Å². The first-order chi connectivity index (χ1) is 15.5. The molecule has 1 amide bonds. The Morgan fingerprint density at radius 3 is 2.56 bits per heavy atom. The Kier molecular flexibility index (Phi) is 7.07. The summed E-state index contributed by atoms with van der Waals surface area (Å²) < 4.78 is 3.03. The van der Waals surface area contributed by atoms with Crippen molar-refractivity contribution in [1.29, 1.82) is 0 Å². The van der Waals surface area contributed by atoms with Crippen LogP contribution >= 0.6 is 27.7 Å². The normalized spacial score (nSPS) is 10.8. The van der Waals surface area contributed by atoms with Gasteiger partial charge in [-0.15, -0.1) is 10.2 Å². The van der Waals surface area contributed by atoms with Crippen LogP contribution in [-0.2, 0) is 11.2 Å². The van der Waals surface area contributed by atoms with Gasteiger partial charge in [0.25, 0.3) is 0 Å². The molecular weight excluding hydrogens is 484 g/mol. The van der Waals surface area contributed by atoms with Crippen molar-refractivity contribution < 1.29 is 4.79 Å². The fraction of sp³-hybridized carbons (Fsp3) is 0.160. The minimum Gasteiger partial charge on any atom is -0.325 e. The highest BCUT2D eigenvalue weighted by Crippen LogP contribution is 2.25. The maximum Gasteiger partial charge on any atom is 0.234 e. The molecule has 162 valence electrons. The van der Waals surface area contributed by atoms with E-state index in [0.29, 0.717) is 11.6 Å². The number of aromatic nitrogens is 3. The topological polar surface area (TPSA) is 59.8 Å². The maximum absolute atomic E-state index is 12.6. The second kappa shape index (κ2) is 10.1. The SMILES string of the molecule is Cc1cccc(-n2c(Cc3ccccc3)nnc2SCC(=O)Nc2ccc(Br)cc2C)c1. The quantitative estimate of drug-likeness (QED) is 0.313. The lowest BCUT2D eigenvalue weighted by Gasteiger charge is -2.12. The van der Waals surface area contributed by atoms with E-state index in [0.717, 1.165) is 38.4 Å². The van der Waals surface area contributed by atoms with Crippen LogP contribution in [0.15, 0.2) is 82.4 Å². The zero-order valence-electron chi connectivity index (χ0n) is 17.9. The summed E-state index contributed by atoms with van der Waals surface area (Å²) in [7, 11) is 0. The van der Waals surface area contributed by atoms with E-state index in [9.17, 15) is 4.79 Å². The van der Waals surface area contributed by atoms with Gasteiger partial charge in [0.05, 0.1) is 5.75 Å². The van der Waals surface area contributed by atoms with Gasteiger partial charge in [-0.25, -0.2) is 0 Å². The van der Waals surface area contributed by atoms with Crippen molar-refractivity contribution in [3.8, 4) is 5.69 Å². The van der Waals surface area contributed by atoms with E-state index in [2.05, 4.69) is 62.6 Å². The third kappa shape index (κ3) is 5.47. The number of carbonyl (C=O) groups excluding carboxylic acids is 1. The first-order valence-corrected chi connectivity index (χ1v) is 12.0. The van der Waals surface area contributed by atoms with Gasteiger partial charge in [0.1, 0.15) is 5.82 Å². The van der Waals surface area contributed by atoms with Gasteiger partial charge in [0, 0.05) is 22.3 Å². The second-order valence-electron chi connectivity index (χ2n) is 7.53. The molecule has 0 aliphatic rings. The predicted molar refractivity (Wildman–Crippen MR) is 134 cm³/mol. The average molecular weight is 507 g/mol. The van der Waals surface area contributed by atoms with Crippen LogP contribution in [0.25, 0.3) is 5.69 Å². The Morgan fingerprint density at radius 1 is 1.00 bits per heavy atom. The number of nitrogens with one attached hydrogen (secondary N) is 1. The number of hydrogen-bond donors (Lipinski definition) is 1. The fourth-order valence-electron chi connectivity index (χ4n) is 3.40. The van der Waals surface area contributed by atoms with Crippen LogP contribution in [0.5, 0.6) is 0 Å². The van der Waals surface area contributed by atoms with Gasteiger partial charge in [0.15, 0.2) is 5.16 Å². The van der Waals surface area contributed by atoms with E-state index < -0.39 is 0 Å². The van der Waals surface area contributed by atoms with Crippen LogP contribution < -0.4 is 5.32 Å². The summed E-state index contributed by atoms with van der Waals surface area (Å²) in [6.45, 7) is 4.03. The minimum atomic E-state index is -0.0798. The van der Waals surface area contributed by atoms with Gasteiger partial charge in [-0.1, -0.05) is 70.2 Å². The van der Waals surface area contributed by atoms with E-state index >= 15 is 0 Å². The Labute approximate surface area is 200 Å². The maximum atomic E-state index is 12.6. The lowest BCUT2D eigenvalue weighted by atomic mass is 10.1. The van der Waals surface area contributed by atoms with Gasteiger partial charge in [-0.3, -0.25) is 9.36 Å². The largest absolute Gasteiger partial charge is 0.325 e. The van der Waals surface area contributed by atoms with Crippen molar-refractivity contribution >= 4 is 39.3 Å². The van der Waals surface area contributed by atoms with Crippen LogP contribution in [0.2, 0.25) is 0 Å². The highest BCUT2D eigenvalue weighted by molar-refractivity contribution is 9.10. The van der Waals surface area contributed by atoms with Gasteiger partial charge >= 0.3 is 0 Å². The number of aryl methyl sites for hydroxylation is 2. The molecule has 0 aliphatic heterocycles. The van der Waals surface area contributed by atoms with E-state index in [1.807, 2.05) is 60.0 Å². The lowest BCUT2D eigenvalue weighted by Crippen LogP contribution is -2.15. The number of amides is 1. The molecule has 3 aromatic carbocycles. The molecule has 0 atom stereocenters. The summed E-state index contributed by atoms with van der Waals surface area (Å²) in [6.07, 6.45) is 0.659. The molecule has 0 spiro atoms. The molecule has 32 heavy (non-hydrogen) atoms. The molecule has 0 saturated heterocycles. The molecule has 1 heterocycles. The molecule has 0 fully saturated rings. The molecule has 7 heteroatoms. The number of carbonyl (C=O) groups is 1. The summed E-state index contributed by atoms with van der Waals surface area (Å²) in [5, 5.41) is 12.6. The van der Waals surface area contributed by atoms with Crippen molar-refractivity contribution in [2.24, 2.45) is 0 Å². The molecule has 4 rings (SSSR count). The molecule has 4 aromatic rings. The second-order valence-corrected chi connectivity index (χ2v) is 9.39. The molecular formula is C25H23BrN4OS. The molecule has 0 bridgehead atoms. The summed E-state index contributed by atoms with van der Waals surface area (Å²) in [4.78, 5) is 12.6. The zero-order chi connectivity index (χ0) is 22.5. The number of thioether (sulfide) groups is 1. The number of benzene rings is 3. The third-order valence-electron chi connectivity index (χ3n) is 4.96. The number of hydrogen-bond acceptors (Lipinski definition) is 4. The van der Waals surface area contributed by atoms with Crippen LogP contribution in [0.3, 0.4) is 0 Å². The van der Waals surface area contributed by atoms with Crippen molar-refractivity contribution in [2.75, 3.05) is 11.1 Å². The molecule has 5 nitrogen and oxygen atoms in total. The van der Waals surface area contributed by atoms with E-state index in [4.69, 9.17) is 0 Å². The number of halogens is 1. The number of rotatable bonds is 7. The minimum absolute atomic E-state index is 0.0798. The molecule has 1 aromatic heterocycles. The fourth-order valence-corrected chi connectivity index (χ4v) is 4.64. The van der Waals surface area contributed by atoms with Crippen molar-refractivity contribution in [1.82, 2.24) is 14.8 Å². The van der Waals surface area contributed by atoms with Crippen molar-refractivity contribution in [2.45, 2.75) is 25.4 Å². The first-order valence-electron chi connectivity index (χ1n) is 10.2. The Hall–Kier alpha value is -2.90. The molecule has 0 unspecified atom stereocenters. The monoisotopic (exact) mass is 506 g/mol. The third-order valence-corrected chi connectivity index (χ3v) is 6.38. The Bertz CT molecular complexity index is 1240. The first kappa shape index (κ1) is 22.3. The van der Waals surface area contributed by atoms with Crippen LogP contribution in [-0.4, -0.2) is 26.4 Å². The summed E-state index contributed by atoms with van der Waals surface area (Å²) in [5.41, 5.74) is 5.12. The van der Waals surface area contributed by atoms with E-state index in [-0.39, 0.29) is 11.7 Å². The van der Waals surface area contributed by atoms with Crippen LogP contribution in [0.4, 0.5) is 5.69 Å². The van der Waals surface area contributed by atoms with Gasteiger partial charge < -0.3 is 5.32 Å². The summed E-state index contributed by atoms with van der Waals surface area (Å²) >= 11 is 4.83. The van der Waals surface area contributed by atoms with Crippen LogP contribution in [0.1, 0.15) is 22.5 Å². The number of anilines is 1. The van der Waals surface area contributed by atoms with Gasteiger partial charge in [-0.05, 0) is 60.9 Å². The molecule has 0 aliphatic carbocycles. The van der Waals surface area contributed by atoms with Gasteiger partial charge in [0.2, 0.25) is 5.91 Å². The summed E-state index contributed by atoms with van der Waals surface area (Å²) in [5.74, 6) is 1.00.